The average Bonchev–Trinajstić information content (AvgIpc) is 2.28. The number of hydrogen-bond donors (Lipinski definition) is 2. The molecule has 0 aromatic heterocycles. The molecule has 9 heteroatoms. The monoisotopic (exact) mass is 314 g/mol. The first-order valence-electron chi connectivity index (χ1n) is 5.55. The van der Waals surface area contributed by atoms with E-state index in [1.165, 1.54) is 0 Å². The highest BCUT2D eigenvalue weighted by Crippen LogP contribution is 2.34. The average molecular weight is 314 g/mol. The van der Waals surface area contributed by atoms with Gasteiger partial charge in [0.05, 0.1) is 11.3 Å². The fourth-order valence-electron chi connectivity index (χ4n) is 1.70. The molecule has 0 aliphatic carbocycles. The molecule has 1 atom stereocenters. The van der Waals surface area contributed by atoms with E-state index < -0.39 is 33.4 Å². The number of benzene rings is 1. The van der Waals surface area contributed by atoms with E-state index in [4.69, 9.17) is 5.84 Å². The van der Waals surface area contributed by atoms with Crippen LogP contribution in [0, 0.1) is 5.82 Å². The van der Waals surface area contributed by atoms with Gasteiger partial charge in [-0.15, -0.1) is 0 Å². The first-order valence-corrected chi connectivity index (χ1v) is 7.61. The van der Waals surface area contributed by atoms with Gasteiger partial charge in [-0.25, -0.2) is 12.8 Å². The summed E-state index contributed by atoms with van der Waals surface area (Å²) in [5, 5.41) is 0. The third kappa shape index (κ3) is 4.43. The minimum atomic E-state index is -4.82. The number of hydrogen-bond acceptors (Lipinski definition) is 4. The van der Waals surface area contributed by atoms with E-state index in [1.807, 2.05) is 0 Å². The molecule has 4 nitrogen and oxygen atoms in total. The Kier molecular flexibility index (Phi) is 5.11. The lowest BCUT2D eigenvalue weighted by atomic mass is 10.0. The van der Waals surface area contributed by atoms with Crippen LogP contribution in [0.15, 0.2) is 18.2 Å². The van der Waals surface area contributed by atoms with E-state index in [-0.39, 0.29) is 17.7 Å². The van der Waals surface area contributed by atoms with E-state index in [9.17, 15) is 26.0 Å². The van der Waals surface area contributed by atoms with Crippen LogP contribution in [-0.4, -0.2) is 20.4 Å². The molecule has 0 radical (unpaired) electrons. The summed E-state index contributed by atoms with van der Waals surface area (Å²) in [4.78, 5) is 0. The van der Waals surface area contributed by atoms with Crippen LogP contribution < -0.4 is 11.3 Å². The molecule has 0 saturated carbocycles. The predicted molar refractivity (Wildman–Crippen MR) is 65.8 cm³/mol. The van der Waals surface area contributed by atoms with E-state index in [1.54, 1.807) is 0 Å². The van der Waals surface area contributed by atoms with Gasteiger partial charge >= 0.3 is 6.18 Å². The largest absolute Gasteiger partial charge is 0.419 e. The number of alkyl halides is 3. The Morgan fingerprint density at radius 1 is 1.35 bits per heavy atom. The summed E-state index contributed by atoms with van der Waals surface area (Å²) in [7, 11) is -3.33. The third-order valence-electron chi connectivity index (χ3n) is 2.69. The van der Waals surface area contributed by atoms with Crippen molar-refractivity contribution in [2.24, 2.45) is 5.84 Å². The minimum absolute atomic E-state index is 0.131. The van der Waals surface area contributed by atoms with Crippen LogP contribution in [0.1, 0.15) is 23.6 Å². The lowest BCUT2D eigenvalue weighted by Gasteiger charge is -2.18. The number of rotatable bonds is 5. The summed E-state index contributed by atoms with van der Waals surface area (Å²) in [6, 6.07) is 1.78. The number of halogens is 4. The molecular formula is C11H14F4N2O2S. The van der Waals surface area contributed by atoms with Crippen LogP contribution in [0.2, 0.25) is 0 Å². The second kappa shape index (κ2) is 6.06. The number of nitrogens with two attached hydrogens (primary N) is 1. The molecule has 20 heavy (non-hydrogen) atoms. The van der Waals surface area contributed by atoms with Crippen LogP contribution in [0.5, 0.6) is 0 Å². The maximum absolute atomic E-state index is 13.9. The van der Waals surface area contributed by atoms with Crippen LogP contribution >= 0.6 is 0 Å². The number of sulfone groups is 1. The van der Waals surface area contributed by atoms with E-state index in [0.717, 1.165) is 18.4 Å². The molecular weight excluding hydrogens is 300 g/mol. The Bertz CT molecular complexity index is 572. The molecule has 3 N–H and O–H groups in total. The van der Waals surface area contributed by atoms with Gasteiger partial charge in [0.15, 0.2) is 0 Å². The van der Waals surface area contributed by atoms with Crippen LogP contribution in [-0.2, 0) is 16.0 Å². The van der Waals surface area contributed by atoms with Crippen molar-refractivity contribution in [1.29, 1.82) is 0 Å². The molecule has 0 heterocycles. The molecule has 0 aliphatic heterocycles. The first kappa shape index (κ1) is 16.9. The minimum Gasteiger partial charge on any atom is -0.271 e. The summed E-state index contributed by atoms with van der Waals surface area (Å²) < 4.78 is 73.7. The first-order chi connectivity index (χ1) is 9.06. The van der Waals surface area contributed by atoms with Gasteiger partial charge in [0.2, 0.25) is 0 Å². The SMILES string of the molecule is CS(=O)(=O)CCC(NN)c1cccc(C(F)(F)F)c1F. The van der Waals surface area contributed by atoms with Crippen LogP contribution in [0.4, 0.5) is 17.6 Å². The fraction of sp³-hybridized carbons (Fsp3) is 0.455. The smallest absolute Gasteiger partial charge is 0.271 e. The molecule has 0 saturated heterocycles. The number of nitrogens with one attached hydrogen (secondary N) is 1. The Balaban J connectivity index is 3.11. The summed E-state index contributed by atoms with van der Waals surface area (Å²) >= 11 is 0. The highest BCUT2D eigenvalue weighted by atomic mass is 32.2. The lowest BCUT2D eigenvalue weighted by Crippen LogP contribution is -2.30. The van der Waals surface area contributed by atoms with Crippen LogP contribution in [0.25, 0.3) is 0 Å². The van der Waals surface area contributed by atoms with Crippen molar-refractivity contribution in [1.82, 2.24) is 5.43 Å². The Morgan fingerprint density at radius 2 is 1.95 bits per heavy atom. The van der Waals surface area contributed by atoms with Crippen molar-refractivity contribution in [3.05, 3.63) is 35.1 Å². The van der Waals surface area contributed by atoms with E-state index in [0.29, 0.717) is 6.07 Å². The fourth-order valence-corrected chi connectivity index (χ4v) is 2.36. The van der Waals surface area contributed by atoms with Crippen molar-refractivity contribution in [3.8, 4) is 0 Å². The molecule has 114 valence electrons. The standard InChI is InChI=1S/C11H14F4N2O2S/c1-20(18,19)6-5-9(17-16)7-3-2-4-8(10(7)12)11(13,14)15/h2-4,9,17H,5-6,16H2,1H3. The second-order valence-electron chi connectivity index (χ2n) is 4.34. The van der Waals surface area contributed by atoms with Crippen molar-refractivity contribution < 1.29 is 26.0 Å². The van der Waals surface area contributed by atoms with Gasteiger partial charge in [-0.3, -0.25) is 11.3 Å². The molecule has 0 aliphatic rings. The highest BCUT2D eigenvalue weighted by molar-refractivity contribution is 7.90. The topological polar surface area (TPSA) is 72.2 Å². The maximum atomic E-state index is 13.9. The zero-order chi connectivity index (χ0) is 15.6. The van der Waals surface area contributed by atoms with Gasteiger partial charge in [0, 0.05) is 17.9 Å². The molecule has 0 spiro atoms. The zero-order valence-electron chi connectivity index (χ0n) is 10.5. The molecule has 1 unspecified atom stereocenters. The number of hydrazine groups is 1. The van der Waals surface area contributed by atoms with Gasteiger partial charge < -0.3 is 0 Å². The van der Waals surface area contributed by atoms with Crippen molar-refractivity contribution in [3.63, 3.8) is 0 Å². The highest BCUT2D eigenvalue weighted by Gasteiger charge is 2.35. The quantitative estimate of drug-likeness (QED) is 0.494. The summed E-state index contributed by atoms with van der Waals surface area (Å²) in [5.41, 5.74) is 0.417. The Hall–Kier alpha value is -1.19. The van der Waals surface area contributed by atoms with E-state index >= 15 is 0 Å². The van der Waals surface area contributed by atoms with Gasteiger partial charge in [-0.2, -0.15) is 13.2 Å². The summed E-state index contributed by atoms with van der Waals surface area (Å²) in [5.74, 6) is 3.40. The van der Waals surface area contributed by atoms with Crippen molar-refractivity contribution in [2.45, 2.75) is 18.6 Å². The molecule has 1 aromatic carbocycles. The molecule has 1 aromatic rings. The molecule has 0 amide bonds. The van der Waals surface area contributed by atoms with Crippen LogP contribution in [0.3, 0.4) is 0 Å². The summed E-state index contributed by atoms with van der Waals surface area (Å²) in [6.45, 7) is 0. The van der Waals surface area contributed by atoms with E-state index in [2.05, 4.69) is 5.43 Å². The van der Waals surface area contributed by atoms with Gasteiger partial charge in [0.1, 0.15) is 15.7 Å². The lowest BCUT2D eigenvalue weighted by molar-refractivity contribution is -0.140. The summed E-state index contributed by atoms with van der Waals surface area (Å²) in [6.07, 6.45) is -3.98. The van der Waals surface area contributed by atoms with Crippen molar-refractivity contribution in [2.75, 3.05) is 12.0 Å². The van der Waals surface area contributed by atoms with Gasteiger partial charge in [-0.05, 0) is 12.5 Å². The normalized spacial score (nSPS) is 14.3. The molecule has 0 bridgehead atoms. The molecule has 0 fully saturated rings. The third-order valence-corrected chi connectivity index (χ3v) is 3.67. The van der Waals surface area contributed by atoms with Crippen molar-refractivity contribution >= 4 is 9.84 Å². The second-order valence-corrected chi connectivity index (χ2v) is 6.60. The van der Waals surface area contributed by atoms with Gasteiger partial charge in [0.25, 0.3) is 0 Å². The molecule has 1 rings (SSSR count). The predicted octanol–water partition coefficient (Wildman–Crippen LogP) is 1.78. The Morgan fingerprint density at radius 3 is 2.40 bits per heavy atom. The Labute approximate surface area is 113 Å². The van der Waals surface area contributed by atoms with Gasteiger partial charge in [-0.1, -0.05) is 12.1 Å². The maximum Gasteiger partial charge on any atom is 0.419 e. The zero-order valence-corrected chi connectivity index (χ0v) is 11.4.